The van der Waals surface area contributed by atoms with Crippen LogP contribution in [-0.4, -0.2) is 58.7 Å². The first-order valence-electron chi connectivity index (χ1n) is 10.3. The topological polar surface area (TPSA) is 79.3 Å². The number of nitrogens with zero attached hydrogens (tertiary/aromatic N) is 3. The smallest absolute Gasteiger partial charge is 0.237 e. The molecule has 2 fully saturated rings. The average Bonchev–Trinajstić information content (AvgIpc) is 3.29. The van der Waals surface area contributed by atoms with Gasteiger partial charge in [0.15, 0.2) is 0 Å². The van der Waals surface area contributed by atoms with Crippen LogP contribution in [-0.2, 0) is 9.59 Å². The molecule has 2 saturated heterocycles. The van der Waals surface area contributed by atoms with Crippen LogP contribution in [0.1, 0.15) is 56.5 Å². The van der Waals surface area contributed by atoms with Crippen molar-refractivity contribution in [1.82, 2.24) is 25.3 Å². The van der Waals surface area contributed by atoms with Crippen molar-refractivity contribution in [2.45, 2.75) is 65.0 Å². The van der Waals surface area contributed by atoms with E-state index in [1.54, 1.807) is 0 Å². The molecule has 2 amide bonds. The minimum Gasteiger partial charge on any atom is -0.354 e. The number of likely N-dealkylation sites (tertiary alicyclic amines) is 1. The van der Waals surface area contributed by atoms with E-state index in [4.69, 9.17) is 0 Å². The number of carbonyl (C=O) groups is 2. The molecule has 1 aromatic rings. The number of aryl methyl sites for hydroxylation is 2. The number of amides is 2. The van der Waals surface area contributed by atoms with E-state index in [1.807, 2.05) is 36.4 Å². The summed E-state index contributed by atoms with van der Waals surface area (Å²) in [5, 5.41) is 10.8. The van der Waals surface area contributed by atoms with Gasteiger partial charge in [-0.1, -0.05) is 0 Å². The predicted molar refractivity (Wildman–Crippen MR) is 119 cm³/mol. The monoisotopic (exact) mass is 447 g/mol. The molecule has 2 N–H and O–H groups in total. The number of nitrogens with one attached hydrogen (secondary N) is 2. The van der Waals surface area contributed by atoms with Crippen molar-refractivity contribution >= 4 is 36.6 Å². The predicted octanol–water partition coefficient (Wildman–Crippen LogP) is 2.40. The van der Waals surface area contributed by atoms with Crippen molar-refractivity contribution in [3.8, 4) is 0 Å². The van der Waals surface area contributed by atoms with Crippen LogP contribution >= 0.6 is 24.8 Å². The molecule has 1 aromatic heterocycles. The minimum atomic E-state index is -0.0343. The van der Waals surface area contributed by atoms with Gasteiger partial charge >= 0.3 is 0 Å². The molecular formula is C20H35Cl2N5O2. The summed E-state index contributed by atoms with van der Waals surface area (Å²) in [4.78, 5) is 26.9. The van der Waals surface area contributed by atoms with Gasteiger partial charge in [0.05, 0.1) is 17.8 Å². The molecule has 3 heterocycles. The number of rotatable bonds is 6. The largest absolute Gasteiger partial charge is 0.354 e. The lowest BCUT2D eigenvalue weighted by Gasteiger charge is -2.33. The molecule has 7 nitrogen and oxygen atoms in total. The molecule has 2 aliphatic heterocycles. The first-order valence-corrected chi connectivity index (χ1v) is 10.3. The number of carbonyl (C=O) groups excluding carboxylic acids is 2. The fourth-order valence-electron chi connectivity index (χ4n) is 4.30. The van der Waals surface area contributed by atoms with Crippen molar-refractivity contribution in [3.05, 3.63) is 17.5 Å². The van der Waals surface area contributed by atoms with Gasteiger partial charge in [-0.25, -0.2) is 0 Å². The molecule has 3 atom stereocenters. The molecule has 9 heteroatoms. The Hall–Kier alpha value is -1.31. The van der Waals surface area contributed by atoms with Crippen molar-refractivity contribution in [3.63, 3.8) is 0 Å². The summed E-state index contributed by atoms with van der Waals surface area (Å²) in [5.41, 5.74) is 2.07. The van der Waals surface area contributed by atoms with E-state index < -0.39 is 0 Å². The van der Waals surface area contributed by atoms with Crippen LogP contribution in [0.15, 0.2) is 6.07 Å². The number of hydrogen-bond acceptors (Lipinski definition) is 4. The van der Waals surface area contributed by atoms with Crippen LogP contribution in [0.2, 0.25) is 0 Å². The Morgan fingerprint density at radius 2 is 2.03 bits per heavy atom. The molecule has 3 rings (SSSR count). The summed E-state index contributed by atoms with van der Waals surface area (Å²) < 4.78 is 1.95. The summed E-state index contributed by atoms with van der Waals surface area (Å²) in [6.45, 7) is 9.19. The van der Waals surface area contributed by atoms with E-state index in [9.17, 15) is 9.59 Å². The third-order valence-electron chi connectivity index (χ3n) is 5.75. The Morgan fingerprint density at radius 3 is 2.66 bits per heavy atom. The molecule has 29 heavy (non-hydrogen) atoms. The Morgan fingerprint density at radius 1 is 1.28 bits per heavy atom. The van der Waals surface area contributed by atoms with Gasteiger partial charge in [0.1, 0.15) is 0 Å². The first-order chi connectivity index (χ1) is 12.9. The lowest BCUT2D eigenvalue weighted by atomic mass is 9.97. The Labute approximate surface area is 186 Å². The fraction of sp³-hybridized carbons (Fsp3) is 0.750. The zero-order chi connectivity index (χ0) is 19.4. The summed E-state index contributed by atoms with van der Waals surface area (Å²) in [6, 6.07) is 2.06. The van der Waals surface area contributed by atoms with Gasteiger partial charge < -0.3 is 15.5 Å². The third kappa shape index (κ3) is 6.86. The molecule has 0 aromatic carbocycles. The van der Waals surface area contributed by atoms with E-state index in [0.29, 0.717) is 18.9 Å². The molecule has 166 valence electrons. The van der Waals surface area contributed by atoms with Crippen LogP contribution in [0.4, 0.5) is 0 Å². The summed E-state index contributed by atoms with van der Waals surface area (Å²) in [6.07, 6.45) is 4.52. The summed E-state index contributed by atoms with van der Waals surface area (Å²) in [5.74, 6) is 0.634. The van der Waals surface area contributed by atoms with Gasteiger partial charge in [-0.3, -0.25) is 14.3 Å². The van der Waals surface area contributed by atoms with Crippen LogP contribution in [0.3, 0.4) is 0 Å². The van der Waals surface area contributed by atoms with Crippen molar-refractivity contribution < 1.29 is 9.59 Å². The summed E-state index contributed by atoms with van der Waals surface area (Å²) in [7, 11) is 0. The van der Waals surface area contributed by atoms with Gasteiger partial charge in [0.25, 0.3) is 0 Å². The van der Waals surface area contributed by atoms with E-state index >= 15 is 0 Å². The SMILES string of the molecule is Cc1cc(C)n(C(C)CC(=O)N2CCCC(CNC(=O)C3CCCN3)C2)n1.Cl.Cl. The Kier molecular flexibility index (Phi) is 10.4. The van der Waals surface area contributed by atoms with Crippen molar-refractivity contribution in [1.29, 1.82) is 0 Å². The second kappa shape index (κ2) is 11.8. The van der Waals surface area contributed by atoms with Gasteiger partial charge in [0.2, 0.25) is 11.8 Å². The van der Waals surface area contributed by atoms with E-state index in [2.05, 4.69) is 15.7 Å². The quantitative estimate of drug-likeness (QED) is 0.701. The molecule has 3 unspecified atom stereocenters. The molecule has 2 aliphatic rings. The lowest BCUT2D eigenvalue weighted by molar-refractivity contribution is -0.133. The normalized spacial score (nSPS) is 22.4. The van der Waals surface area contributed by atoms with Crippen molar-refractivity contribution in [2.75, 3.05) is 26.2 Å². The highest BCUT2D eigenvalue weighted by atomic mass is 35.5. The second-order valence-corrected chi connectivity index (χ2v) is 8.17. The number of hydrogen-bond donors (Lipinski definition) is 2. The van der Waals surface area contributed by atoms with Gasteiger partial charge in [-0.05, 0) is 65.0 Å². The standard InChI is InChI=1S/C20H33N5O2.2ClH/c1-14-10-15(2)25(23-14)16(3)11-19(26)24-9-5-6-17(13-24)12-22-20(27)18-7-4-8-21-18;;/h10,16-18,21H,4-9,11-13H2,1-3H3,(H,22,27);2*1H. The van der Waals surface area contributed by atoms with Crippen LogP contribution in [0.5, 0.6) is 0 Å². The number of halogens is 2. The number of aromatic nitrogens is 2. The highest BCUT2D eigenvalue weighted by Crippen LogP contribution is 2.20. The first kappa shape index (κ1) is 25.7. The highest BCUT2D eigenvalue weighted by molar-refractivity contribution is 5.85. The lowest BCUT2D eigenvalue weighted by Crippen LogP contribution is -2.47. The number of piperidine rings is 1. The molecule has 0 spiro atoms. The second-order valence-electron chi connectivity index (χ2n) is 8.17. The zero-order valence-corrected chi connectivity index (χ0v) is 19.3. The zero-order valence-electron chi connectivity index (χ0n) is 17.6. The highest BCUT2D eigenvalue weighted by Gasteiger charge is 2.27. The molecule has 0 bridgehead atoms. The van der Waals surface area contributed by atoms with Crippen molar-refractivity contribution in [2.24, 2.45) is 5.92 Å². The Bertz CT molecular complexity index is 676. The van der Waals surface area contributed by atoms with Crippen LogP contribution in [0, 0.1) is 19.8 Å². The minimum absolute atomic E-state index is 0. The molecule has 0 radical (unpaired) electrons. The van der Waals surface area contributed by atoms with E-state index in [0.717, 1.165) is 56.7 Å². The van der Waals surface area contributed by atoms with Gasteiger partial charge in [0, 0.05) is 31.7 Å². The molecule has 0 saturated carbocycles. The van der Waals surface area contributed by atoms with E-state index in [-0.39, 0.29) is 48.7 Å². The molecular weight excluding hydrogens is 413 g/mol. The fourth-order valence-corrected chi connectivity index (χ4v) is 4.30. The molecule has 0 aliphatic carbocycles. The average molecular weight is 448 g/mol. The Balaban J connectivity index is 0.00000210. The summed E-state index contributed by atoms with van der Waals surface area (Å²) >= 11 is 0. The van der Waals surface area contributed by atoms with Crippen LogP contribution in [0.25, 0.3) is 0 Å². The third-order valence-corrected chi connectivity index (χ3v) is 5.75. The van der Waals surface area contributed by atoms with Crippen LogP contribution < -0.4 is 10.6 Å². The maximum absolute atomic E-state index is 12.8. The van der Waals surface area contributed by atoms with Gasteiger partial charge in [-0.2, -0.15) is 5.10 Å². The van der Waals surface area contributed by atoms with Gasteiger partial charge in [-0.15, -0.1) is 24.8 Å². The van der Waals surface area contributed by atoms with E-state index in [1.165, 1.54) is 0 Å². The maximum atomic E-state index is 12.8. The maximum Gasteiger partial charge on any atom is 0.237 e.